The summed E-state index contributed by atoms with van der Waals surface area (Å²) in [4.78, 5) is 25.6. The fourth-order valence-corrected chi connectivity index (χ4v) is 3.59. The molecule has 0 saturated carbocycles. The highest BCUT2D eigenvalue weighted by Gasteiger charge is 2.47. The topological polar surface area (TPSA) is 61.2 Å². The first-order chi connectivity index (χ1) is 14.5. The van der Waals surface area contributed by atoms with Crippen LogP contribution in [0.15, 0.2) is 78.9 Å². The van der Waals surface area contributed by atoms with Crippen LogP contribution >= 0.6 is 11.6 Å². The Kier molecular flexibility index (Phi) is 5.63. The van der Waals surface area contributed by atoms with Gasteiger partial charge in [-0.25, -0.2) is 0 Å². The van der Waals surface area contributed by atoms with Gasteiger partial charge in [0.15, 0.2) is 6.04 Å². The van der Waals surface area contributed by atoms with E-state index in [1.165, 1.54) is 0 Å². The predicted molar refractivity (Wildman–Crippen MR) is 117 cm³/mol. The van der Waals surface area contributed by atoms with Gasteiger partial charge in [-0.1, -0.05) is 59.6 Å². The Hall–Kier alpha value is -3.44. The average Bonchev–Trinajstić information content (AvgIpc) is 3.05. The van der Waals surface area contributed by atoms with Crippen molar-refractivity contribution in [2.75, 3.05) is 0 Å². The van der Waals surface area contributed by atoms with Gasteiger partial charge in [-0.05, 0) is 43.3 Å². The minimum absolute atomic E-state index is 0.268. The van der Waals surface area contributed by atoms with E-state index in [0.717, 1.165) is 16.7 Å². The molecule has 2 amide bonds. The summed E-state index contributed by atoms with van der Waals surface area (Å²) in [5.41, 5.74) is 6.31. The number of nitrogens with zero attached hydrogens (tertiary/aromatic N) is 1. The summed E-state index contributed by atoms with van der Waals surface area (Å²) >= 11 is 5.98. The molecule has 5 nitrogen and oxygen atoms in total. The lowest BCUT2D eigenvalue weighted by atomic mass is 9.98. The Bertz CT molecular complexity index is 1090. The van der Waals surface area contributed by atoms with Gasteiger partial charge >= 0.3 is 5.91 Å². The first-order valence-electron chi connectivity index (χ1n) is 9.63. The van der Waals surface area contributed by atoms with Gasteiger partial charge in [0, 0.05) is 21.7 Å². The summed E-state index contributed by atoms with van der Waals surface area (Å²) in [5.74, 6) is -0.559. The Morgan fingerprint density at radius 1 is 1.00 bits per heavy atom. The largest absolute Gasteiger partial charge is 0.334 e. The number of benzene rings is 3. The summed E-state index contributed by atoms with van der Waals surface area (Å²) in [5, 5.41) is 3.54. The van der Waals surface area contributed by atoms with Gasteiger partial charge < -0.3 is 5.32 Å². The SMILES string of the molecule is Cc1ccc([C@@H]2[C@@H](NC(=O)c3ccccc3)C(=O)N/[N+]2=C\c2ccc(Cl)cc2)cc1. The van der Waals surface area contributed by atoms with Crippen molar-refractivity contribution in [3.63, 3.8) is 0 Å². The first-order valence-corrected chi connectivity index (χ1v) is 10.0. The van der Waals surface area contributed by atoms with Crippen LogP contribution in [0.5, 0.6) is 0 Å². The van der Waals surface area contributed by atoms with Crippen LogP contribution in [0.3, 0.4) is 0 Å². The van der Waals surface area contributed by atoms with Crippen molar-refractivity contribution in [2.24, 2.45) is 0 Å². The van der Waals surface area contributed by atoms with E-state index < -0.39 is 12.1 Å². The predicted octanol–water partition coefficient (Wildman–Crippen LogP) is 3.66. The molecule has 1 fully saturated rings. The molecule has 30 heavy (non-hydrogen) atoms. The molecule has 0 radical (unpaired) electrons. The van der Waals surface area contributed by atoms with E-state index in [9.17, 15) is 9.59 Å². The summed E-state index contributed by atoms with van der Waals surface area (Å²) in [6.07, 6.45) is 1.84. The Morgan fingerprint density at radius 3 is 2.33 bits per heavy atom. The number of rotatable bonds is 4. The van der Waals surface area contributed by atoms with Crippen LogP contribution in [0.2, 0.25) is 5.02 Å². The highest BCUT2D eigenvalue weighted by molar-refractivity contribution is 6.30. The molecule has 4 rings (SSSR count). The lowest BCUT2D eigenvalue weighted by Crippen LogP contribution is -2.42. The van der Waals surface area contributed by atoms with Crippen LogP contribution in [-0.4, -0.2) is 28.8 Å². The van der Waals surface area contributed by atoms with E-state index in [1.807, 2.05) is 55.6 Å². The third-order valence-electron chi connectivity index (χ3n) is 5.04. The van der Waals surface area contributed by atoms with Crippen LogP contribution < -0.4 is 10.7 Å². The number of hydrogen-bond donors (Lipinski definition) is 2. The van der Waals surface area contributed by atoms with Crippen molar-refractivity contribution in [3.05, 3.63) is 106 Å². The van der Waals surface area contributed by atoms with Gasteiger partial charge in [-0.2, -0.15) is 0 Å². The molecule has 2 N–H and O–H groups in total. The Balaban J connectivity index is 1.70. The minimum Gasteiger partial charge on any atom is -0.334 e. The number of hydrazine groups is 1. The third kappa shape index (κ3) is 4.26. The third-order valence-corrected chi connectivity index (χ3v) is 5.29. The molecular formula is C24H21ClN3O2+. The lowest BCUT2D eigenvalue weighted by Gasteiger charge is -2.15. The second-order valence-corrected chi connectivity index (χ2v) is 7.67. The van der Waals surface area contributed by atoms with Gasteiger partial charge in [-0.15, -0.1) is 10.1 Å². The molecule has 1 aliphatic rings. The summed E-state index contributed by atoms with van der Waals surface area (Å²) in [6, 6.07) is 23.0. The number of hydrogen-bond acceptors (Lipinski definition) is 2. The maximum atomic E-state index is 12.8. The van der Waals surface area contributed by atoms with E-state index in [-0.39, 0.29) is 11.8 Å². The number of hydrazone groups is 1. The average molecular weight is 419 g/mol. The van der Waals surface area contributed by atoms with Crippen LogP contribution in [0, 0.1) is 6.92 Å². The maximum Gasteiger partial charge on any atom is 0.304 e. The molecular weight excluding hydrogens is 398 g/mol. The second-order valence-electron chi connectivity index (χ2n) is 7.24. The molecule has 0 spiro atoms. The van der Waals surface area contributed by atoms with E-state index in [1.54, 1.807) is 41.1 Å². The zero-order valence-corrected chi connectivity index (χ0v) is 17.1. The van der Waals surface area contributed by atoms with E-state index in [2.05, 4.69) is 10.7 Å². The van der Waals surface area contributed by atoms with E-state index in [0.29, 0.717) is 10.6 Å². The molecule has 150 valence electrons. The number of nitrogens with one attached hydrogen (secondary N) is 2. The normalized spacial score (nSPS) is 19.5. The number of aryl methyl sites for hydroxylation is 1. The molecule has 6 heteroatoms. The Labute approximate surface area is 180 Å². The molecule has 0 aromatic heterocycles. The van der Waals surface area contributed by atoms with Crippen molar-refractivity contribution < 1.29 is 14.3 Å². The van der Waals surface area contributed by atoms with Crippen molar-refractivity contribution in [2.45, 2.75) is 19.0 Å². The quantitative estimate of drug-likeness (QED) is 0.635. The molecule has 1 heterocycles. The van der Waals surface area contributed by atoms with Crippen LogP contribution in [-0.2, 0) is 4.79 Å². The van der Waals surface area contributed by atoms with Gasteiger partial charge in [0.25, 0.3) is 5.91 Å². The molecule has 2 atom stereocenters. The van der Waals surface area contributed by atoms with E-state index >= 15 is 0 Å². The molecule has 1 aliphatic heterocycles. The van der Waals surface area contributed by atoms with Crippen LogP contribution in [0.4, 0.5) is 0 Å². The molecule has 3 aromatic rings. The first kappa shape index (κ1) is 19.9. The standard InChI is InChI=1S/C24H20ClN3O2/c1-16-7-11-18(12-8-16)22-21(26-23(29)19-5-3-2-4-6-19)24(30)27-28(22)15-17-9-13-20(25)14-10-17/h2-15,21-22H,1H3,(H-,26,27,29,30)/p+1/b28-15-/t21-,22-/m1/s1. The monoisotopic (exact) mass is 418 g/mol. The van der Waals surface area contributed by atoms with Crippen molar-refractivity contribution in [1.29, 1.82) is 0 Å². The zero-order chi connectivity index (χ0) is 21.1. The van der Waals surface area contributed by atoms with E-state index in [4.69, 9.17) is 11.6 Å². The smallest absolute Gasteiger partial charge is 0.304 e. The summed E-state index contributed by atoms with van der Waals surface area (Å²) in [6.45, 7) is 2.01. The fourth-order valence-electron chi connectivity index (χ4n) is 3.47. The Morgan fingerprint density at radius 2 is 1.67 bits per heavy atom. The van der Waals surface area contributed by atoms with Crippen molar-refractivity contribution >= 4 is 29.6 Å². The van der Waals surface area contributed by atoms with Gasteiger partial charge in [-0.3, -0.25) is 9.59 Å². The second kappa shape index (κ2) is 8.51. The van der Waals surface area contributed by atoms with Gasteiger partial charge in [0.2, 0.25) is 12.3 Å². The lowest BCUT2D eigenvalue weighted by molar-refractivity contribution is -0.596. The summed E-state index contributed by atoms with van der Waals surface area (Å²) < 4.78 is 1.74. The molecule has 0 aliphatic carbocycles. The molecule has 0 bridgehead atoms. The highest BCUT2D eigenvalue weighted by atomic mass is 35.5. The van der Waals surface area contributed by atoms with Crippen LogP contribution in [0.25, 0.3) is 0 Å². The number of carbonyl (C=O) groups excluding carboxylic acids is 2. The van der Waals surface area contributed by atoms with Crippen molar-refractivity contribution in [3.8, 4) is 0 Å². The molecule has 3 aromatic carbocycles. The minimum atomic E-state index is -0.746. The number of carbonyl (C=O) groups is 2. The zero-order valence-electron chi connectivity index (χ0n) is 16.4. The fraction of sp³-hybridized carbons (Fsp3) is 0.125. The van der Waals surface area contributed by atoms with Gasteiger partial charge in [0.1, 0.15) is 0 Å². The summed E-state index contributed by atoms with van der Waals surface area (Å²) in [7, 11) is 0. The number of amides is 2. The maximum absolute atomic E-state index is 12.8. The van der Waals surface area contributed by atoms with Gasteiger partial charge in [0.05, 0.1) is 0 Å². The molecule has 0 unspecified atom stereocenters. The number of halogens is 1. The molecule has 1 saturated heterocycles. The highest BCUT2D eigenvalue weighted by Crippen LogP contribution is 2.26. The van der Waals surface area contributed by atoms with Crippen molar-refractivity contribution in [1.82, 2.24) is 10.7 Å². The van der Waals surface area contributed by atoms with Crippen LogP contribution in [0.1, 0.15) is 33.1 Å².